The normalized spacial score (nSPS) is 11.5. The van der Waals surface area contributed by atoms with Crippen LogP contribution in [-0.4, -0.2) is 26.1 Å². The minimum absolute atomic E-state index is 0.117. The zero-order chi connectivity index (χ0) is 14.3. The van der Waals surface area contributed by atoms with E-state index in [2.05, 4.69) is 16.6 Å². The number of carbonyl (C=O) groups excluding carboxylic acids is 1. The molecule has 0 radical (unpaired) electrons. The highest BCUT2D eigenvalue weighted by atomic mass is 19.1. The third-order valence-electron chi connectivity index (χ3n) is 2.55. The Morgan fingerprint density at radius 2 is 2.32 bits per heavy atom. The molecule has 0 saturated carbocycles. The van der Waals surface area contributed by atoms with Crippen LogP contribution in [0.3, 0.4) is 0 Å². The molecule has 4 nitrogen and oxygen atoms in total. The monoisotopic (exact) mass is 264 g/mol. The first-order valence-electron chi connectivity index (χ1n) is 5.85. The highest BCUT2D eigenvalue weighted by molar-refractivity contribution is 5.78. The molecule has 0 heterocycles. The van der Waals surface area contributed by atoms with E-state index >= 15 is 0 Å². The van der Waals surface area contributed by atoms with Crippen LogP contribution in [0.25, 0.3) is 0 Å². The first-order chi connectivity index (χ1) is 9.08. The van der Waals surface area contributed by atoms with E-state index in [1.807, 2.05) is 0 Å². The molecule has 0 saturated heterocycles. The van der Waals surface area contributed by atoms with Gasteiger partial charge < -0.3 is 10.1 Å². The van der Waals surface area contributed by atoms with Crippen LogP contribution in [0.15, 0.2) is 18.2 Å². The van der Waals surface area contributed by atoms with Gasteiger partial charge in [0.2, 0.25) is 5.91 Å². The summed E-state index contributed by atoms with van der Waals surface area (Å²) in [6.07, 6.45) is 5.06. The number of methoxy groups -OCH3 is 1. The maximum absolute atomic E-state index is 13.2. The molecule has 0 aliphatic carbocycles. The number of halogens is 1. The molecule has 2 N–H and O–H groups in total. The molecule has 0 aromatic heterocycles. The SMILES string of the molecule is C#CCNCC(=O)NC(C)c1cc(F)ccc1OC. The van der Waals surface area contributed by atoms with Gasteiger partial charge in [0, 0.05) is 5.56 Å². The minimum Gasteiger partial charge on any atom is -0.496 e. The van der Waals surface area contributed by atoms with Crippen LogP contribution in [0.5, 0.6) is 5.75 Å². The molecule has 1 aromatic carbocycles. The van der Waals surface area contributed by atoms with Crippen molar-refractivity contribution in [3.63, 3.8) is 0 Å². The number of ether oxygens (including phenoxy) is 1. The average molecular weight is 264 g/mol. The molecule has 1 unspecified atom stereocenters. The molecule has 0 bridgehead atoms. The summed E-state index contributed by atoms with van der Waals surface area (Å²) in [4.78, 5) is 11.6. The summed E-state index contributed by atoms with van der Waals surface area (Å²) in [5.41, 5.74) is 0.591. The van der Waals surface area contributed by atoms with E-state index < -0.39 is 0 Å². The molecular formula is C14H17FN2O2. The van der Waals surface area contributed by atoms with Crippen molar-refractivity contribution < 1.29 is 13.9 Å². The van der Waals surface area contributed by atoms with Crippen molar-refractivity contribution in [1.29, 1.82) is 0 Å². The van der Waals surface area contributed by atoms with Crippen molar-refractivity contribution in [1.82, 2.24) is 10.6 Å². The molecule has 102 valence electrons. The van der Waals surface area contributed by atoms with Crippen LogP contribution in [0.4, 0.5) is 4.39 Å². The first-order valence-corrected chi connectivity index (χ1v) is 5.85. The molecule has 0 aliphatic heterocycles. The molecule has 19 heavy (non-hydrogen) atoms. The smallest absolute Gasteiger partial charge is 0.234 e. The fourth-order valence-corrected chi connectivity index (χ4v) is 1.66. The zero-order valence-electron chi connectivity index (χ0n) is 11.0. The van der Waals surface area contributed by atoms with E-state index in [-0.39, 0.29) is 24.3 Å². The third-order valence-corrected chi connectivity index (χ3v) is 2.55. The number of carbonyl (C=O) groups is 1. The van der Waals surface area contributed by atoms with Crippen molar-refractivity contribution in [3.8, 4) is 18.1 Å². The molecule has 0 fully saturated rings. The summed E-state index contributed by atoms with van der Waals surface area (Å²) in [6.45, 7) is 2.20. The van der Waals surface area contributed by atoms with Crippen LogP contribution < -0.4 is 15.4 Å². The number of hydrogen-bond acceptors (Lipinski definition) is 3. The summed E-state index contributed by atoms with van der Waals surface area (Å²) in [5.74, 6) is 2.32. The second-order valence-electron chi connectivity index (χ2n) is 3.98. The molecule has 5 heteroatoms. The van der Waals surface area contributed by atoms with Crippen molar-refractivity contribution in [2.75, 3.05) is 20.2 Å². The lowest BCUT2D eigenvalue weighted by atomic mass is 10.1. The quantitative estimate of drug-likeness (QED) is 0.600. The Kier molecular flexibility index (Phi) is 5.83. The summed E-state index contributed by atoms with van der Waals surface area (Å²) < 4.78 is 18.4. The molecule has 1 rings (SSSR count). The summed E-state index contributed by atoms with van der Waals surface area (Å²) >= 11 is 0. The van der Waals surface area contributed by atoms with Gasteiger partial charge in [0.15, 0.2) is 0 Å². The highest BCUT2D eigenvalue weighted by Gasteiger charge is 2.14. The third kappa shape index (κ3) is 4.60. The van der Waals surface area contributed by atoms with Gasteiger partial charge in [0.25, 0.3) is 0 Å². The predicted molar refractivity (Wildman–Crippen MR) is 71.2 cm³/mol. The fourth-order valence-electron chi connectivity index (χ4n) is 1.66. The summed E-state index contributed by atoms with van der Waals surface area (Å²) in [7, 11) is 1.50. The van der Waals surface area contributed by atoms with Gasteiger partial charge in [-0.15, -0.1) is 6.42 Å². The Morgan fingerprint density at radius 3 is 2.95 bits per heavy atom. The van der Waals surface area contributed by atoms with E-state index in [4.69, 9.17) is 11.2 Å². The van der Waals surface area contributed by atoms with Crippen LogP contribution in [0.1, 0.15) is 18.5 Å². The van der Waals surface area contributed by atoms with Gasteiger partial charge >= 0.3 is 0 Å². The Morgan fingerprint density at radius 1 is 1.58 bits per heavy atom. The first kappa shape index (κ1) is 15.0. The lowest BCUT2D eigenvalue weighted by Gasteiger charge is -2.17. The zero-order valence-corrected chi connectivity index (χ0v) is 11.0. The van der Waals surface area contributed by atoms with Crippen molar-refractivity contribution >= 4 is 5.91 Å². The number of terminal acetylenes is 1. The van der Waals surface area contributed by atoms with E-state index in [1.165, 1.54) is 25.3 Å². The average Bonchev–Trinajstić information content (AvgIpc) is 2.39. The van der Waals surface area contributed by atoms with Crippen LogP contribution >= 0.6 is 0 Å². The lowest BCUT2D eigenvalue weighted by Crippen LogP contribution is -2.35. The maximum atomic E-state index is 13.2. The summed E-state index contributed by atoms with van der Waals surface area (Å²) in [5, 5.41) is 5.52. The topological polar surface area (TPSA) is 50.4 Å². The second kappa shape index (κ2) is 7.39. The Hall–Kier alpha value is -2.06. The van der Waals surface area contributed by atoms with Gasteiger partial charge in [-0.1, -0.05) is 5.92 Å². The molecule has 0 aliphatic rings. The van der Waals surface area contributed by atoms with Gasteiger partial charge in [-0.2, -0.15) is 0 Å². The lowest BCUT2D eigenvalue weighted by molar-refractivity contribution is -0.120. The largest absolute Gasteiger partial charge is 0.496 e. The van der Waals surface area contributed by atoms with Crippen molar-refractivity contribution in [3.05, 3.63) is 29.6 Å². The fraction of sp³-hybridized carbons (Fsp3) is 0.357. The molecule has 1 aromatic rings. The number of benzene rings is 1. The molecular weight excluding hydrogens is 247 g/mol. The standard InChI is InChI=1S/C14H17FN2O2/c1-4-7-16-9-14(18)17-10(2)12-8-11(15)5-6-13(12)19-3/h1,5-6,8,10,16H,7,9H2,2-3H3,(H,17,18). The van der Waals surface area contributed by atoms with Crippen LogP contribution in [0, 0.1) is 18.2 Å². The second-order valence-corrected chi connectivity index (χ2v) is 3.98. The van der Waals surface area contributed by atoms with Crippen LogP contribution in [-0.2, 0) is 4.79 Å². The molecule has 0 spiro atoms. The number of nitrogens with one attached hydrogen (secondary N) is 2. The van der Waals surface area contributed by atoms with Gasteiger partial charge in [-0.25, -0.2) is 4.39 Å². The van der Waals surface area contributed by atoms with Crippen molar-refractivity contribution in [2.24, 2.45) is 0 Å². The molecule has 1 amide bonds. The Labute approximate surface area is 112 Å². The van der Waals surface area contributed by atoms with E-state index in [1.54, 1.807) is 6.92 Å². The van der Waals surface area contributed by atoms with Crippen molar-refractivity contribution in [2.45, 2.75) is 13.0 Å². The number of rotatable bonds is 6. The highest BCUT2D eigenvalue weighted by Crippen LogP contribution is 2.25. The van der Waals surface area contributed by atoms with E-state index in [0.29, 0.717) is 17.9 Å². The maximum Gasteiger partial charge on any atom is 0.234 e. The summed E-state index contributed by atoms with van der Waals surface area (Å²) in [6, 6.07) is 3.83. The molecule has 1 atom stereocenters. The van der Waals surface area contributed by atoms with E-state index in [9.17, 15) is 9.18 Å². The minimum atomic E-state index is -0.373. The van der Waals surface area contributed by atoms with Crippen LogP contribution in [0.2, 0.25) is 0 Å². The number of amides is 1. The van der Waals surface area contributed by atoms with Gasteiger partial charge in [0.1, 0.15) is 11.6 Å². The van der Waals surface area contributed by atoms with Gasteiger partial charge in [-0.05, 0) is 25.1 Å². The Bertz CT molecular complexity index is 483. The predicted octanol–water partition coefficient (Wildman–Crippen LogP) is 1.23. The van der Waals surface area contributed by atoms with E-state index in [0.717, 1.165) is 0 Å². The van der Waals surface area contributed by atoms with Gasteiger partial charge in [0.05, 0.1) is 26.2 Å². The Balaban J connectivity index is 2.67. The number of hydrogen-bond donors (Lipinski definition) is 2. The van der Waals surface area contributed by atoms with Gasteiger partial charge in [-0.3, -0.25) is 10.1 Å².